The standard InChI is InChI=1S/C10H15N2O8P.ClH/c1-5-3-12(10(15)11-9(5)14)8-2-6(13)7(20-8)4-19-21(16,17)18;/h3,6-8,13H,2,4H2,1H3,(H,11,14,15)(H2,16,17,18);1H/t6-,7+,8+;/m0./s1. The van der Waals surface area contributed by atoms with E-state index in [1.54, 1.807) is 0 Å². The molecular formula is C10H16ClN2O8P. The van der Waals surface area contributed by atoms with Gasteiger partial charge in [-0.2, -0.15) is 0 Å². The van der Waals surface area contributed by atoms with Crippen LogP contribution in [0.2, 0.25) is 0 Å². The third kappa shape index (κ3) is 4.50. The number of phosphoric acid groups is 1. The summed E-state index contributed by atoms with van der Waals surface area (Å²) in [4.78, 5) is 42.3. The molecule has 0 spiro atoms. The van der Waals surface area contributed by atoms with Gasteiger partial charge in [-0.1, -0.05) is 0 Å². The summed E-state index contributed by atoms with van der Waals surface area (Å²) in [5.74, 6) is 0. The predicted molar refractivity (Wildman–Crippen MR) is 75.8 cm³/mol. The van der Waals surface area contributed by atoms with E-state index in [0.717, 1.165) is 4.57 Å². The van der Waals surface area contributed by atoms with Crippen LogP contribution in [0.25, 0.3) is 0 Å². The van der Waals surface area contributed by atoms with E-state index in [4.69, 9.17) is 14.5 Å². The molecule has 22 heavy (non-hydrogen) atoms. The smallest absolute Gasteiger partial charge is 0.390 e. The summed E-state index contributed by atoms with van der Waals surface area (Å²) in [6.07, 6.45) is -1.57. The number of aliphatic hydroxyl groups excluding tert-OH is 1. The highest BCUT2D eigenvalue weighted by Crippen LogP contribution is 2.38. The number of phosphoric ester groups is 1. The molecule has 0 aliphatic carbocycles. The maximum Gasteiger partial charge on any atom is 0.469 e. The summed E-state index contributed by atoms with van der Waals surface area (Å²) in [6.45, 7) is 0.994. The van der Waals surface area contributed by atoms with Gasteiger partial charge in [0.15, 0.2) is 0 Å². The lowest BCUT2D eigenvalue weighted by molar-refractivity contribution is -0.0451. The van der Waals surface area contributed by atoms with E-state index in [2.05, 4.69) is 9.51 Å². The molecule has 0 unspecified atom stereocenters. The number of aryl methyl sites for hydroxylation is 1. The van der Waals surface area contributed by atoms with E-state index in [0.29, 0.717) is 5.56 Å². The molecule has 10 nitrogen and oxygen atoms in total. The molecule has 1 aromatic rings. The van der Waals surface area contributed by atoms with Crippen molar-refractivity contribution in [1.29, 1.82) is 0 Å². The van der Waals surface area contributed by atoms with Gasteiger partial charge in [0.25, 0.3) is 5.56 Å². The van der Waals surface area contributed by atoms with Crippen molar-refractivity contribution in [3.63, 3.8) is 0 Å². The van der Waals surface area contributed by atoms with Gasteiger partial charge in [0, 0.05) is 18.2 Å². The zero-order valence-corrected chi connectivity index (χ0v) is 13.1. The number of hydrogen-bond donors (Lipinski definition) is 4. The highest BCUT2D eigenvalue weighted by molar-refractivity contribution is 7.46. The lowest BCUT2D eigenvalue weighted by Gasteiger charge is -2.16. The second-order valence-electron chi connectivity index (χ2n) is 4.70. The van der Waals surface area contributed by atoms with Crippen LogP contribution in [-0.2, 0) is 13.8 Å². The molecule has 2 heterocycles. The van der Waals surface area contributed by atoms with E-state index in [-0.39, 0.29) is 18.8 Å². The van der Waals surface area contributed by atoms with Crippen LogP contribution in [-0.4, -0.2) is 43.3 Å². The van der Waals surface area contributed by atoms with Crippen LogP contribution in [0, 0.1) is 6.92 Å². The van der Waals surface area contributed by atoms with Crippen molar-refractivity contribution in [3.05, 3.63) is 32.6 Å². The number of hydrogen-bond acceptors (Lipinski definition) is 6. The number of ether oxygens (including phenoxy) is 1. The van der Waals surface area contributed by atoms with Gasteiger partial charge in [-0.15, -0.1) is 12.4 Å². The maximum atomic E-state index is 11.7. The third-order valence-corrected chi connectivity index (χ3v) is 3.55. The van der Waals surface area contributed by atoms with Crippen LogP contribution in [0.3, 0.4) is 0 Å². The highest BCUT2D eigenvalue weighted by Gasteiger charge is 2.37. The molecular weight excluding hydrogens is 343 g/mol. The Labute approximate surface area is 130 Å². The molecule has 126 valence electrons. The molecule has 0 saturated carbocycles. The SMILES string of the molecule is Cc1cn([C@H]2C[C@H](O)[C@@H](COP(=O)(O)O)O2)c(=O)[nH]c1=O.Cl. The number of nitrogens with zero attached hydrogens (tertiary/aromatic N) is 1. The molecule has 1 aliphatic rings. The number of nitrogens with one attached hydrogen (secondary N) is 1. The Balaban J connectivity index is 0.00000242. The molecule has 0 aromatic carbocycles. The first-order valence-corrected chi connectivity index (χ1v) is 7.56. The lowest BCUT2D eigenvalue weighted by atomic mass is 10.2. The summed E-state index contributed by atoms with van der Waals surface area (Å²) in [7, 11) is -4.67. The van der Waals surface area contributed by atoms with E-state index >= 15 is 0 Å². The molecule has 0 bridgehead atoms. The van der Waals surface area contributed by atoms with Gasteiger partial charge in [0.2, 0.25) is 0 Å². The lowest BCUT2D eigenvalue weighted by Crippen LogP contribution is -2.33. The fourth-order valence-electron chi connectivity index (χ4n) is 2.01. The summed E-state index contributed by atoms with van der Waals surface area (Å²) >= 11 is 0. The zero-order chi connectivity index (χ0) is 15.8. The number of aromatic nitrogens is 2. The summed E-state index contributed by atoms with van der Waals surface area (Å²) in [5.41, 5.74) is -0.918. The average molecular weight is 359 g/mol. The first kappa shape index (κ1) is 19.0. The van der Waals surface area contributed by atoms with E-state index in [1.165, 1.54) is 13.1 Å². The number of H-pyrrole nitrogens is 1. The normalized spacial score (nSPS) is 25.0. The summed E-state index contributed by atoms with van der Waals surface area (Å²) < 4.78 is 21.4. The molecule has 0 amide bonds. The van der Waals surface area contributed by atoms with Gasteiger partial charge in [0.05, 0.1) is 12.7 Å². The second-order valence-corrected chi connectivity index (χ2v) is 5.94. The van der Waals surface area contributed by atoms with Crippen molar-refractivity contribution in [1.82, 2.24) is 9.55 Å². The minimum atomic E-state index is -4.67. The van der Waals surface area contributed by atoms with Gasteiger partial charge in [0.1, 0.15) is 12.3 Å². The molecule has 12 heteroatoms. The van der Waals surface area contributed by atoms with Crippen LogP contribution >= 0.6 is 20.2 Å². The summed E-state index contributed by atoms with van der Waals surface area (Å²) in [5, 5.41) is 9.79. The molecule has 4 N–H and O–H groups in total. The Kier molecular flexibility index (Phi) is 6.10. The van der Waals surface area contributed by atoms with Crippen molar-refractivity contribution >= 4 is 20.2 Å². The minimum absolute atomic E-state index is 0. The minimum Gasteiger partial charge on any atom is -0.390 e. The molecule has 1 aromatic heterocycles. The molecule has 2 rings (SSSR count). The van der Waals surface area contributed by atoms with E-state index in [1.807, 2.05) is 0 Å². The molecule has 3 atom stereocenters. The van der Waals surface area contributed by atoms with Crippen LogP contribution in [0.4, 0.5) is 0 Å². The number of aromatic amines is 1. The monoisotopic (exact) mass is 358 g/mol. The van der Waals surface area contributed by atoms with Crippen molar-refractivity contribution < 1.29 is 28.7 Å². The fraction of sp³-hybridized carbons (Fsp3) is 0.600. The van der Waals surface area contributed by atoms with Gasteiger partial charge < -0.3 is 19.6 Å². The topological polar surface area (TPSA) is 151 Å². The quantitative estimate of drug-likeness (QED) is 0.501. The average Bonchev–Trinajstić information content (AvgIpc) is 2.72. The molecule has 1 aliphatic heterocycles. The first-order valence-electron chi connectivity index (χ1n) is 6.03. The Bertz CT molecular complexity index is 682. The van der Waals surface area contributed by atoms with Crippen molar-refractivity contribution in [2.45, 2.75) is 31.8 Å². The van der Waals surface area contributed by atoms with Crippen molar-refractivity contribution in [2.75, 3.05) is 6.61 Å². The van der Waals surface area contributed by atoms with E-state index < -0.39 is 44.1 Å². The molecule has 1 saturated heterocycles. The predicted octanol–water partition coefficient (Wildman–Crippen LogP) is -0.975. The van der Waals surface area contributed by atoms with Crippen LogP contribution in [0.15, 0.2) is 15.8 Å². The third-order valence-electron chi connectivity index (χ3n) is 3.07. The highest BCUT2D eigenvalue weighted by atomic mass is 35.5. The molecule has 0 radical (unpaired) electrons. The molecule has 1 fully saturated rings. The Hall–Kier alpha value is -1.000. The Morgan fingerprint density at radius 1 is 1.50 bits per heavy atom. The summed E-state index contributed by atoms with van der Waals surface area (Å²) in [6, 6.07) is 0. The van der Waals surface area contributed by atoms with Crippen molar-refractivity contribution in [3.8, 4) is 0 Å². The van der Waals surface area contributed by atoms with Crippen molar-refractivity contribution in [2.24, 2.45) is 0 Å². The van der Waals surface area contributed by atoms with E-state index in [9.17, 15) is 19.3 Å². The zero-order valence-electron chi connectivity index (χ0n) is 11.4. The van der Waals surface area contributed by atoms with Gasteiger partial charge in [-0.05, 0) is 6.92 Å². The number of rotatable bonds is 4. The van der Waals surface area contributed by atoms with Crippen LogP contribution in [0.5, 0.6) is 0 Å². The van der Waals surface area contributed by atoms with Crippen LogP contribution < -0.4 is 11.2 Å². The second kappa shape index (κ2) is 7.05. The van der Waals surface area contributed by atoms with Gasteiger partial charge in [-0.25, -0.2) is 9.36 Å². The Morgan fingerprint density at radius 2 is 2.14 bits per heavy atom. The Morgan fingerprint density at radius 3 is 2.73 bits per heavy atom. The fourth-order valence-corrected chi connectivity index (χ4v) is 2.35. The number of halogens is 1. The van der Waals surface area contributed by atoms with Gasteiger partial charge >= 0.3 is 13.5 Å². The first-order chi connectivity index (χ1) is 9.67. The van der Waals surface area contributed by atoms with Crippen LogP contribution in [0.1, 0.15) is 18.2 Å². The number of aliphatic hydroxyl groups is 1. The largest absolute Gasteiger partial charge is 0.469 e. The maximum absolute atomic E-state index is 11.7. The van der Waals surface area contributed by atoms with Gasteiger partial charge in [-0.3, -0.25) is 18.9 Å².